The SMILES string of the molecule is C[n+]1cc[nH]c1.C[n+]1cc[nH]c1.[Cl-].[Cl-]. The number of aryl methyl sites for hydroxylation is 2. The third-order valence-electron chi connectivity index (χ3n) is 1.37. The standard InChI is InChI=1S/2C4H6N2.2ClH/c2*1-6-3-2-5-4-6;;/h2*2-4H,1H3;2*1H. The highest BCUT2D eigenvalue weighted by atomic mass is 35.5. The first kappa shape index (κ1) is 15.5. The number of H-pyrrole nitrogens is 2. The molecule has 0 unspecified atom stereocenters. The second kappa shape index (κ2) is 8.59. The van der Waals surface area contributed by atoms with E-state index in [0.29, 0.717) is 0 Å². The third-order valence-corrected chi connectivity index (χ3v) is 1.37. The fraction of sp³-hybridized carbons (Fsp3) is 0.250. The van der Waals surface area contributed by atoms with Gasteiger partial charge in [-0.1, -0.05) is 0 Å². The van der Waals surface area contributed by atoms with E-state index in [0.717, 1.165) is 0 Å². The maximum atomic E-state index is 2.89. The van der Waals surface area contributed by atoms with Crippen molar-refractivity contribution in [1.82, 2.24) is 9.97 Å². The second-order valence-corrected chi connectivity index (χ2v) is 2.55. The first-order chi connectivity index (χ1) is 5.79. The van der Waals surface area contributed by atoms with Crippen molar-refractivity contribution in [2.45, 2.75) is 0 Å². The Hall–Kier alpha value is -1.00. The van der Waals surface area contributed by atoms with Gasteiger partial charge in [0.2, 0.25) is 12.7 Å². The van der Waals surface area contributed by atoms with Crippen LogP contribution in [0.25, 0.3) is 0 Å². The molecule has 0 aromatic carbocycles. The van der Waals surface area contributed by atoms with Crippen LogP contribution in [-0.2, 0) is 14.1 Å². The van der Waals surface area contributed by atoms with Crippen LogP contribution < -0.4 is 33.9 Å². The van der Waals surface area contributed by atoms with Crippen molar-refractivity contribution in [3.8, 4) is 0 Å². The molecule has 80 valence electrons. The molecule has 0 aliphatic heterocycles. The van der Waals surface area contributed by atoms with Gasteiger partial charge in [-0.25, -0.2) is 9.13 Å². The number of hydrogen-bond acceptors (Lipinski definition) is 0. The molecular formula is C8H14Cl2N4. The normalized spacial score (nSPS) is 7.57. The zero-order valence-electron chi connectivity index (χ0n) is 8.11. The summed E-state index contributed by atoms with van der Waals surface area (Å²) < 4.78 is 3.89. The van der Waals surface area contributed by atoms with Crippen molar-refractivity contribution in [3.63, 3.8) is 0 Å². The molecule has 2 heterocycles. The average Bonchev–Trinajstić information content (AvgIpc) is 2.63. The molecule has 2 aromatic heterocycles. The smallest absolute Gasteiger partial charge is 0.241 e. The molecule has 0 fully saturated rings. The molecule has 2 rings (SSSR count). The Kier molecular flexibility index (Phi) is 9.49. The van der Waals surface area contributed by atoms with Gasteiger partial charge in [0.15, 0.2) is 0 Å². The van der Waals surface area contributed by atoms with Crippen LogP contribution in [-0.4, -0.2) is 9.97 Å². The summed E-state index contributed by atoms with van der Waals surface area (Å²) in [5.74, 6) is 0. The highest BCUT2D eigenvalue weighted by Crippen LogP contribution is 1.60. The van der Waals surface area contributed by atoms with Gasteiger partial charge < -0.3 is 24.8 Å². The van der Waals surface area contributed by atoms with Gasteiger partial charge in [-0.2, -0.15) is 0 Å². The Morgan fingerprint density at radius 3 is 1.21 bits per heavy atom. The van der Waals surface area contributed by atoms with E-state index >= 15 is 0 Å². The summed E-state index contributed by atoms with van der Waals surface area (Å²) in [6.45, 7) is 0. The molecule has 0 saturated carbocycles. The molecule has 14 heavy (non-hydrogen) atoms. The van der Waals surface area contributed by atoms with E-state index < -0.39 is 0 Å². The van der Waals surface area contributed by atoms with Crippen LogP contribution in [0.15, 0.2) is 37.4 Å². The van der Waals surface area contributed by atoms with Crippen LogP contribution in [0.5, 0.6) is 0 Å². The number of aromatic amines is 2. The average molecular weight is 237 g/mol. The first-order valence-corrected chi connectivity index (χ1v) is 3.75. The van der Waals surface area contributed by atoms with Crippen molar-refractivity contribution >= 4 is 0 Å². The number of hydrogen-bond donors (Lipinski definition) is 2. The minimum absolute atomic E-state index is 0. The molecule has 2 N–H and O–H groups in total. The lowest BCUT2D eigenvalue weighted by Gasteiger charge is -1.66. The lowest BCUT2D eigenvalue weighted by Crippen LogP contribution is -3.00. The van der Waals surface area contributed by atoms with Crippen LogP contribution >= 0.6 is 0 Å². The van der Waals surface area contributed by atoms with Gasteiger partial charge in [0.1, 0.15) is 24.8 Å². The van der Waals surface area contributed by atoms with E-state index in [-0.39, 0.29) is 24.8 Å². The fourth-order valence-corrected chi connectivity index (χ4v) is 0.728. The molecule has 0 spiro atoms. The van der Waals surface area contributed by atoms with Crippen molar-refractivity contribution in [1.29, 1.82) is 0 Å². The summed E-state index contributed by atoms with van der Waals surface area (Å²) >= 11 is 0. The maximum Gasteiger partial charge on any atom is 0.241 e. The molecule has 0 radical (unpaired) electrons. The first-order valence-electron chi connectivity index (χ1n) is 3.75. The molecule has 0 bridgehead atoms. The lowest BCUT2D eigenvalue weighted by atomic mass is 10.9. The van der Waals surface area contributed by atoms with E-state index in [9.17, 15) is 0 Å². The Bertz CT molecular complexity index is 259. The van der Waals surface area contributed by atoms with E-state index in [4.69, 9.17) is 0 Å². The van der Waals surface area contributed by atoms with Gasteiger partial charge in [-0.15, -0.1) is 0 Å². The second-order valence-electron chi connectivity index (χ2n) is 2.55. The van der Waals surface area contributed by atoms with Gasteiger partial charge in [-0.05, 0) is 0 Å². The predicted octanol–water partition coefficient (Wildman–Crippen LogP) is -6.31. The fourth-order valence-electron chi connectivity index (χ4n) is 0.728. The Balaban J connectivity index is 0. The lowest BCUT2D eigenvalue weighted by molar-refractivity contribution is -0.670. The van der Waals surface area contributed by atoms with E-state index in [1.807, 2.05) is 60.7 Å². The predicted molar refractivity (Wildman–Crippen MR) is 43.9 cm³/mol. The van der Waals surface area contributed by atoms with Crippen molar-refractivity contribution in [2.24, 2.45) is 14.1 Å². The molecule has 0 amide bonds. The van der Waals surface area contributed by atoms with Crippen molar-refractivity contribution < 1.29 is 33.9 Å². The number of nitrogens with zero attached hydrogens (tertiary/aromatic N) is 2. The quantitative estimate of drug-likeness (QED) is 0.428. The van der Waals surface area contributed by atoms with Gasteiger partial charge in [-0.3, -0.25) is 9.97 Å². The van der Waals surface area contributed by atoms with E-state index in [2.05, 4.69) is 9.97 Å². The molecule has 2 aromatic rings. The van der Waals surface area contributed by atoms with Gasteiger partial charge in [0.25, 0.3) is 0 Å². The summed E-state index contributed by atoms with van der Waals surface area (Å²) in [5, 5.41) is 0. The zero-order chi connectivity index (χ0) is 8.81. The molecule has 0 atom stereocenters. The van der Waals surface area contributed by atoms with E-state index in [1.54, 1.807) is 0 Å². The summed E-state index contributed by atoms with van der Waals surface area (Å²) in [6.07, 6.45) is 11.4. The van der Waals surface area contributed by atoms with E-state index in [1.165, 1.54) is 0 Å². The molecule has 0 aliphatic rings. The summed E-state index contributed by atoms with van der Waals surface area (Å²) in [7, 11) is 3.94. The zero-order valence-corrected chi connectivity index (χ0v) is 9.63. The van der Waals surface area contributed by atoms with Crippen LogP contribution in [0.3, 0.4) is 0 Å². The van der Waals surface area contributed by atoms with Crippen molar-refractivity contribution in [3.05, 3.63) is 37.4 Å². The number of halogens is 2. The summed E-state index contributed by atoms with van der Waals surface area (Å²) in [5.41, 5.74) is 0. The third kappa shape index (κ3) is 6.51. The molecule has 6 heteroatoms. The van der Waals surface area contributed by atoms with Gasteiger partial charge in [0, 0.05) is 0 Å². The maximum absolute atomic E-state index is 2.89. The van der Waals surface area contributed by atoms with Crippen LogP contribution in [0.4, 0.5) is 0 Å². The number of aromatic nitrogens is 4. The van der Waals surface area contributed by atoms with Crippen LogP contribution in [0.2, 0.25) is 0 Å². The van der Waals surface area contributed by atoms with Crippen LogP contribution in [0.1, 0.15) is 0 Å². The Morgan fingerprint density at radius 1 is 0.786 bits per heavy atom. The number of nitrogens with one attached hydrogen (secondary N) is 2. The van der Waals surface area contributed by atoms with Gasteiger partial charge >= 0.3 is 0 Å². The van der Waals surface area contributed by atoms with Gasteiger partial charge in [0.05, 0.1) is 14.1 Å². The Labute approximate surface area is 95.8 Å². The van der Waals surface area contributed by atoms with Crippen LogP contribution in [0, 0.1) is 0 Å². The summed E-state index contributed by atoms with van der Waals surface area (Å²) in [4.78, 5) is 5.78. The number of rotatable bonds is 0. The molecule has 0 saturated heterocycles. The topological polar surface area (TPSA) is 39.3 Å². The largest absolute Gasteiger partial charge is 1.00 e. The highest BCUT2D eigenvalue weighted by Gasteiger charge is 1.79. The minimum atomic E-state index is 0. The highest BCUT2D eigenvalue weighted by molar-refractivity contribution is 4.54. The number of imidazole rings is 2. The monoisotopic (exact) mass is 236 g/mol. The Morgan fingerprint density at radius 2 is 1.14 bits per heavy atom. The molecular weight excluding hydrogens is 223 g/mol. The molecule has 0 aliphatic carbocycles. The minimum Gasteiger partial charge on any atom is -1.00 e. The summed E-state index contributed by atoms with van der Waals surface area (Å²) in [6, 6.07) is 0. The van der Waals surface area contributed by atoms with Crippen molar-refractivity contribution in [2.75, 3.05) is 0 Å². The molecule has 4 nitrogen and oxygen atoms in total.